The average Bonchev–Trinajstić information content (AvgIpc) is 3.03. The highest BCUT2D eigenvalue weighted by Crippen LogP contribution is 2.38. The van der Waals surface area contributed by atoms with Crippen LogP contribution in [-0.2, 0) is 12.4 Å². The van der Waals surface area contributed by atoms with Gasteiger partial charge in [0, 0.05) is 21.6 Å². The lowest BCUT2D eigenvalue weighted by Crippen LogP contribution is -2.27. The Hall–Kier alpha value is -7.61. The molecule has 0 saturated heterocycles. The molecule has 0 fully saturated rings. The Balaban J connectivity index is 2.78. The van der Waals surface area contributed by atoms with Crippen LogP contribution in [0.5, 0.6) is 0 Å². The van der Waals surface area contributed by atoms with Crippen molar-refractivity contribution in [3.63, 3.8) is 0 Å². The molecule has 3 rings (SSSR count). The maximum atomic E-state index is 13.9. The fourth-order valence-corrected chi connectivity index (χ4v) is 4.60. The smallest absolute Gasteiger partial charge is 0.192 e. The van der Waals surface area contributed by atoms with E-state index in [0.29, 0.717) is 18.2 Å². The second kappa shape index (κ2) is 12.3. The number of nitriles is 9. The van der Waals surface area contributed by atoms with E-state index in [1.54, 1.807) is 6.07 Å². The van der Waals surface area contributed by atoms with Gasteiger partial charge in [0.05, 0.1) is 79.4 Å². The van der Waals surface area contributed by atoms with E-state index in [1.807, 2.05) is 0 Å². The molecule has 9 nitrogen and oxygen atoms in total. The van der Waals surface area contributed by atoms with Gasteiger partial charge in [-0.05, 0) is 18.2 Å². The van der Waals surface area contributed by atoms with Crippen LogP contribution in [0.2, 0.25) is 0 Å². The summed E-state index contributed by atoms with van der Waals surface area (Å²) in [5.74, 6) is 0. The van der Waals surface area contributed by atoms with Gasteiger partial charge in [0.2, 0.25) is 0 Å². The van der Waals surface area contributed by atoms with Crippen molar-refractivity contribution in [2.24, 2.45) is 0 Å². The quantitative estimate of drug-likeness (QED) is 0.375. The Labute approximate surface area is 253 Å². The molecule has 15 heteroatoms. The Morgan fingerprint density at radius 3 is 1.17 bits per heavy atom. The van der Waals surface area contributed by atoms with Gasteiger partial charge < -0.3 is 0 Å². The van der Waals surface area contributed by atoms with E-state index < -0.39 is 95.1 Å². The van der Waals surface area contributed by atoms with Crippen molar-refractivity contribution in [1.29, 1.82) is 47.4 Å². The fraction of sp³-hybridized carbons (Fsp3) is 0.0645. The predicted molar refractivity (Wildman–Crippen MR) is 138 cm³/mol. The zero-order chi connectivity index (χ0) is 34.6. The Bertz CT molecular complexity index is 2390. The Morgan fingerprint density at radius 2 is 0.848 bits per heavy atom. The molecule has 0 saturated carbocycles. The lowest BCUT2D eigenvalue weighted by Gasteiger charge is -2.15. The van der Waals surface area contributed by atoms with Crippen molar-refractivity contribution in [2.75, 3.05) is 0 Å². The zero-order valence-electron chi connectivity index (χ0n) is 22.2. The maximum absolute atomic E-state index is 13.9. The lowest BCUT2D eigenvalue weighted by atomic mass is 9.87. The molecule has 46 heavy (non-hydrogen) atoms. The molecule has 0 aliphatic carbocycles. The molecule has 0 radical (unpaired) electrons. The van der Waals surface area contributed by atoms with Crippen LogP contribution in [0.4, 0.5) is 26.3 Å². The van der Waals surface area contributed by atoms with Crippen LogP contribution < -0.4 is 10.4 Å². The summed E-state index contributed by atoms with van der Waals surface area (Å²) < 4.78 is 83.4. The number of nitrogens with zero attached hydrogens (tertiary/aromatic N) is 9. The molecule has 3 aromatic carbocycles. The Morgan fingerprint density at radius 1 is 0.457 bits per heavy atom. The monoisotopic (exact) mass is 617 g/mol. The minimum absolute atomic E-state index is 0.641. The summed E-state index contributed by atoms with van der Waals surface area (Å²) in [4.78, 5) is 0. The number of hydrogen-bond acceptors (Lipinski definition) is 9. The van der Waals surface area contributed by atoms with Gasteiger partial charge in [-0.3, -0.25) is 0 Å². The highest BCUT2D eigenvalue weighted by Gasteiger charge is 2.39. The first kappa shape index (κ1) is 32.9. The number of benzene rings is 3. The summed E-state index contributed by atoms with van der Waals surface area (Å²) in [5.41, 5.74) is -13.5. The maximum Gasteiger partial charge on any atom is 0.418 e. The molecule has 0 amide bonds. The number of halogens is 6. The molecule has 0 aromatic heterocycles. The van der Waals surface area contributed by atoms with Gasteiger partial charge in [0.25, 0.3) is 0 Å². The first-order valence-electron chi connectivity index (χ1n) is 11.8. The summed E-state index contributed by atoms with van der Waals surface area (Å²) >= 11 is 0. The van der Waals surface area contributed by atoms with Gasteiger partial charge in [-0.15, -0.1) is 0 Å². The summed E-state index contributed by atoms with van der Waals surface area (Å²) in [5, 5.41) is 86.3. The third-order valence-electron chi connectivity index (χ3n) is 6.40. The molecule has 3 aromatic rings. The molecular formula is C31H5F6N9. The van der Waals surface area contributed by atoms with Gasteiger partial charge in [-0.25, -0.2) is 0 Å². The minimum atomic E-state index is -5.28. The van der Waals surface area contributed by atoms with E-state index in [9.17, 15) is 73.7 Å². The predicted octanol–water partition coefficient (Wildman–Crippen LogP) is 4.27. The van der Waals surface area contributed by atoms with Crippen molar-refractivity contribution < 1.29 is 26.3 Å². The molecule has 216 valence electrons. The molecule has 0 spiro atoms. The molecule has 0 unspecified atom stereocenters. The number of rotatable bonds is 2. The van der Waals surface area contributed by atoms with Gasteiger partial charge in [0.1, 0.15) is 36.4 Å². The van der Waals surface area contributed by atoms with Crippen molar-refractivity contribution >= 4 is 11.1 Å². The molecule has 0 bridgehead atoms. The van der Waals surface area contributed by atoms with Gasteiger partial charge >= 0.3 is 12.4 Å². The van der Waals surface area contributed by atoms with Crippen LogP contribution in [0, 0.1) is 102 Å². The van der Waals surface area contributed by atoms with Crippen LogP contribution in [0.1, 0.15) is 61.2 Å². The Kier molecular flexibility index (Phi) is 8.81. The van der Waals surface area contributed by atoms with E-state index >= 15 is 0 Å². The second-order valence-electron chi connectivity index (χ2n) is 8.67. The molecule has 0 aliphatic rings. The van der Waals surface area contributed by atoms with Crippen molar-refractivity contribution in [1.82, 2.24) is 0 Å². The highest BCUT2D eigenvalue weighted by atomic mass is 19.4. The van der Waals surface area contributed by atoms with Crippen molar-refractivity contribution in [3.05, 3.63) is 102 Å². The van der Waals surface area contributed by atoms with Crippen LogP contribution in [0.3, 0.4) is 0 Å². The topological polar surface area (TPSA) is 214 Å². The first-order valence-corrected chi connectivity index (χ1v) is 11.8. The fourth-order valence-electron chi connectivity index (χ4n) is 4.60. The molecule has 0 atom stereocenters. The molecule has 0 N–H and O–H groups in total. The van der Waals surface area contributed by atoms with E-state index in [2.05, 4.69) is 0 Å². The van der Waals surface area contributed by atoms with Crippen LogP contribution >= 0.6 is 0 Å². The van der Waals surface area contributed by atoms with E-state index in [-0.39, 0.29) is 0 Å². The lowest BCUT2D eigenvalue weighted by molar-refractivity contribution is -0.138. The van der Waals surface area contributed by atoms with Gasteiger partial charge in [0.15, 0.2) is 0 Å². The normalized spacial score (nSPS) is 11.8. The summed E-state index contributed by atoms with van der Waals surface area (Å²) in [6, 6.07) is 16.4. The number of alkyl halides is 6. The third-order valence-corrected chi connectivity index (χ3v) is 6.40. The zero-order valence-corrected chi connectivity index (χ0v) is 22.2. The van der Waals surface area contributed by atoms with Gasteiger partial charge in [-0.1, -0.05) is 12.1 Å². The summed E-state index contributed by atoms with van der Waals surface area (Å²) in [6.45, 7) is 0. The van der Waals surface area contributed by atoms with Crippen LogP contribution in [0.25, 0.3) is 11.1 Å². The molecule has 0 heterocycles. The van der Waals surface area contributed by atoms with Crippen molar-refractivity contribution in [2.45, 2.75) is 12.4 Å². The molecular weight excluding hydrogens is 612 g/mol. The van der Waals surface area contributed by atoms with Crippen LogP contribution in [-0.4, -0.2) is 0 Å². The van der Waals surface area contributed by atoms with E-state index in [0.717, 1.165) is 12.1 Å². The van der Waals surface area contributed by atoms with E-state index in [1.165, 1.54) is 48.6 Å². The first-order chi connectivity index (χ1) is 21.7. The second-order valence-corrected chi connectivity index (χ2v) is 8.67. The largest absolute Gasteiger partial charge is 0.418 e. The number of hydrogen-bond donors (Lipinski definition) is 0. The van der Waals surface area contributed by atoms with E-state index in [4.69, 9.17) is 0 Å². The SMILES string of the molecule is N#C/C(c1ccc(C#N)c(C(F)(F)F)c1C#N)=c1/cc(C#N)/c(=C(\C#N)c2ccc(C#N)c(C(F)(F)F)c2C#N)c(C#N)c1C#N. The summed E-state index contributed by atoms with van der Waals surface area (Å²) in [6.07, 6.45) is -10.5. The average molecular weight is 617 g/mol. The minimum Gasteiger partial charge on any atom is -0.192 e. The third kappa shape index (κ3) is 5.34. The molecule has 0 aliphatic heterocycles. The van der Waals surface area contributed by atoms with Crippen molar-refractivity contribution in [3.8, 4) is 54.6 Å². The van der Waals surface area contributed by atoms with Gasteiger partial charge in [-0.2, -0.15) is 73.7 Å². The standard InChI is InChI=1S/C31H5F6N9/c32-30(33,34)28-15(6-38)1-3-18(25(28)13-45)21(9-41)20-5-17(8-40)27(24(12-44)22(20)10-42)23(11-43)19-4-2-16(7-39)29(26(19)14-46)31(35,36)37/h1-5H/b21-20+,27-23-. The van der Waals surface area contributed by atoms with Crippen LogP contribution in [0.15, 0.2) is 30.3 Å². The highest BCUT2D eigenvalue weighted by molar-refractivity contribution is 5.86. The summed E-state index contributed by atoms with van der Waals surface area (Å²) in [7, 11) is 0.